The summed E-state index contributed by atoms with van der Waals surface area (Å²) in [5.74, 6) is -9.87. The highest BCUT2D eigenvalue weighted by Crippen LogP contribution is 2.50. The lowest BCUT2D eigenvalue weighted by Crippen LogP contribution is -2.76. The Morgan fingerprint density at radius 1 is 0.396 bits per heavy atom. The fraction of sp³-hybridized carbons (Fsp3) is 0.318. The van der Waals surface area contributed by atoms with Crippen LogP contribution in [0.5, 0.6) is 0 Å². The average Bonchev–Trinajstić information content (AvgIpc) is 0.730. The molecule has 14 atom stereocenters. The van der Waals surface area contributed by atoms with E-state index in [2.05, 4.69) is 10.6 Å². The minimum Gasteiger partial charge on any atom is -0.465 e. The Balaban J connectivity index is 1.16. The number of halogens is 1. The lowest BCUT2D eigenvalue weighted by Gasteiger charge is -2.55. The molecule has 2 unspecified atom stereocenters. The monoisotopic (exact) mass is 1480 g/mol. The van der Waals surface area contributed by atoms with Crippen molar-refractivity contribution in [2.45, 2.75) is 153 Å². The molecule has 554 valence electrons. The van der Waals surface area contributed by atoms with Crippen LogP contribution in [0, 0.1) is 0 Å². The molecule has 0 spiro atoms. The van der Waals surface area contributed by atoms with Gasteiger partial charge in [0.2, 0.25) is 11.8 Å². The number of amides is 2. The Morgan fingerprint density at radius 3 is 1.08 bits per heavy atom. The predicted octanol–water partition coefficient (Wildman–Crippen LogP) is 13.6. The number of hydrogen-bond acceptors (Lipinski definition) is 18. The molecule has 0 saturated carbocycles. The van der Waals surface area contributed by atoms with Gasteiger partial charge in [-0.3, -0.25) is 9.59 Å². The van der Waals surface area contributed by atoms with Crippen LogP contribution in [0.25, 0.3) is 0 Å². The van der Waals surface area contributed by atoms with Gasteiger partial charge in [-0.1, -0.05) is 249 Å². The molecule has 2 fully saturated rings. The van der Waals surface area contributed by atoms with Crippen molar-refractivity contribution in [1.29, 1.82) is 0 Å². The normalized spacial score (nSPS) is 22.5. The van der Waals surface area contributed by atoms with E-state index >= 15 is 9.18 Å². The van der Waals surface area contributed by atoms with Gasteiger partial charge in [-0.25, -0.2) is 9.59 Å². The van der Waals surface area contributed by atoms with Gasteiger partial charge in [0.15, 0.2) is 0 Å². The van der Waals surface area contributed by atoms with Crippen molar-refractivity contribution < 1.29 is 80.4 Å². The van der Waals surface area contributed by atoms with Gasteiger partial charge in [-0.2, -0.15) is 4.39 Å². The molecule has 0 radical (unpaired) electrons. The van der Waals surface area contributed by atoms with Gasteiger partial charge in [-0.05, 0) is 63.2 Å². The molecule has 2 aliphatic rings. The average molecular weight is 1480 g/mol. The number of hydrogen-bond donors (Lipinski definition) is 2. The van der Waals surface area contributed by atoms with Crippen molar-refractivity contribution in [1.82, 2.24) is 10.6 Å². The van der Waals surface area contributed by atoms with E-state index < -0.39 is 113 Å². The van der Waals surface area contributed by atoms with Crippen molar-refractivity contribution >= 4 is 47.3 Å². The molecule has 0 aromatic heterocycles. The third-order valence-electron chi connectivity index (χ3n) is 18.0. The van der Waals surface area contributed by atoms with Crippen molar-refractivity contribution in [3.63, 3.8) is 0 Å². The molecular weight excluding hydrogens is 1390 g/mol. The third-order valence-corrected chi connectivity index (χ3v) is 20.7. The van der Waals surface area contributed by atoms with Gasteiger partial charge in [0.1, 0.15) is 47.1 Å². The van der Waals surface area contributed by atoms with Crippen molar-refractivity contribution in [2.24, 2.45) is 0 Å². The van der Waals surface area contributed by atoms with Gasteiger partial charge in [-0.15, -0.1) is 23.5 Å². The van der Waals surface area contributed by atoms with E-state index in [1.807, 2.05) is 243 Å². The van der Waals surface area contributed by atoms with Crippen LogP contribution in [0.1, 0.15) is 52.8 Å². The number of methoxy groups -OCH3 is 2. The summed E-state index contributed by atoms with van der Waals surface area (Å²) in [4.78, 5) is 61.5. The SMILES string of the molecule is COC(=O)[C@]1(O[C@H](COCc2ccccc2)[C@@H](OCc2ccccc2)[C@@H]2O[C@@](F)(C(=O)OC)C(Sc3ccccc3)[C@H](OCc3ccccc3)[C@H]2NC(C)=O)O[C@@H]([C@H](OCc2ccccc2)[C@@H](COCc2ccccc2)OCc2ccccc2)[C@H](NC(C)=O)[C@@H](OCc2ccccc2)C1Sc1ccccc1. The molecule has 0 aliphatic carbocycles. The summed E-state index contributed by atoms with van der Waals surface area (Å²) >= 11 is 2.10. The summed E-state index contributed by atoms with van der Waals surface area (Å²) < 4.78 is 104. The molecule has 18 nitrogen and oxygen atoms in total. The predicted molar refractivity (Wildman–Crippen MR) is 400 cm³/mol. The van der Waals surface area contributed by atoms with E-state index in [1.54, 1.807) is 30.3 Å². The molecule has 2 N–H and O–H groups in total. The Hall–Kier alpha value is -8.91. The molecule has 0 bridgehead atoms. The highest BCUT2D eigenvalue weighted by atomic mass is 32.2. The molecule has 2 heterocycles. The summed E-state index contributed by atoms with van der Waals surface area (Å²) in [5, 5.41) is 3.26. The first-order valence-corrected chi connectivity index (χ1v) is 36.9. The number of esters is 2. The van der Waals surface area contributed by atoms with E-state index in [0.29, 0.717) is 20.9 Å². The van der Waals surface area contributed by atoms with Gasteiger partial charge in [0.05, 0.1) is 98.0 Å². The van der Waals surface area contributed by atoms with Crippen molar-refractivity contribution in [2.75, 3.05) is 27.4 Å². The molecule has 11 rings (SSSR count). The summed E-state index contributed by atoms with van der Waals surface area (Å²) in [6.07, 6.45) is -12.2. The fourth-order valence-electron chi connectivity index (χ4n) is 13.0. The molecule has 2 amide bonds. The molecule has 106 heavy (non-hydrogen) atoms. The number of thioether (sulfide) groups is 2. The Kier molecular flexibility index (Phi) is 29.2. The van der Waals surface area contributed by atoms with Crippen LogP contribution in [0.15, 0.2) is 283 Å². The van der Waals surface area contributed by atoms with E-state index in [9.17, 15) is 14.4 Å². The van der Waals surface area contributed by atoms with E-state index in [0.717, 1.165) is 58.5 Å². The summed E-state index contributed by atoms with van der Waals surface area (Å²) in [5.41, 5.74) is 5.18. The fourth-order valence-corrected chi connectivity index (χ4v) is 15.6. The van der Waals surface area contributed by atoms with Crippen molar-refractivity contribution in [3.05, 3.63) is 312 Å². The second-order valence-corrected chi connectivity index (χ2v) is 28.1. The zero-order chi connectivity index (χ0) is 73.9. The lowest BCUT2D eigenvalue weighted by atomic mass is 9.86. The minimum atomic E-state index is -3.43. The molecule has 9 aromatic rings. The highest BCUT2D eigenvalue weighted by molar-refractivity contribution is 8.00. The Bertz CT molecular complexity index is 4110. The quantitative estimate of drug-likeness (QED) is 0.0348. The van der Waals surface area contributed by atoms with Gasteiger partial charge in [0.25, 0.3) is 5.79 Å². The van der Waals surface area contributed by atoms with Crippen LogP contribution in [0.4, 0.5) is 4.39 Å². The summed E-state index contributed by atoms with van der Waals surface area (Å²) in [6, 6.07) is 81.0. The summed E-state index contributed by atoms with van der Waals surface area (Å²) in [6.45, 7) is 1.54. The second kappa shape index (κ2) is 39.6. The van der Waals surface area contributed by atoms with Crippen molar-refractivity contribution in [3.8, 4) is 0 Å². The Labute approximate surface area is 627 Å². The van der Waals surface area contributed by atoms with Crippen LogP contribution < -0.4 is 10.6 Å². The number of nitrogens with one attached hydrogen (secondary N) is 2. The van der Waals surface area contributed by atoms with Gasteiger partial charge < -0.3 is 67.5 Å². The zero-order valence-electron chi connectivity index (χ0n) is 59.5. The third kappa shape index (κ3) is 21.2. The van der Waals surface area contributed by atoms with Crippen LogP contribution in [-0.4, -0.2) is 134 Å². The van der Waals surface area contributed by atoms with Crippen LogP contribution in [0.2, 0.25) is 0 Å². The first kappa shape index (κ1) is 78.2. The smallest absolute Gasteiger partial charge is 0.373 e. The maximum absolute atomic E-state index is 19.7. The van der Waals surface area contributed by atoms with E-state index in [4.69, 9.17) is 56.8 Å². The topological polar surface area (TPSA) is 203 Å². The summed E-state index contributed by atoms with van der Waals surface area (Å²) in [7, 11) is 2.24. The Morgan fingerprint density at radius 2 is 0.708 bits per heavy atom. The first-order chi connectivity index (χ1) is 51.8. The number of ether oxygens (including phenoxy) is 12. The maximum atomic E-state index is 19.7. The molecule has 21 heteroatoms. The maximum Gasteiger partial charge on any atom is 0.373 e. The molecule has 9 aromatic carbocycles. The number of rotatable bonds is 37. The highest BCUT2D eigenvalue weighted by Gasteiger charge is 2.68. The van der Waals surface area contributed by atoms with E-state index in [-0.39, 0.29) is 52.9 Å². The standard InChI is InChI=1S/C85H89FN2O16S2/c1-59(89)87-72-76(103-84(86,82(91)93-3)80(105-68-46-28-12-29-47-68)78(72)100-55-66-42-24-10-25-43-66)75(99-54-65-40-22-9-23-41-65)71(58-96-51-62-34-16-6-17-35-62)102-85(83(92)94-4)81(106-69-48-30-13-31-49-69)79(101-56-67-44-26-11-27-45-67)73(88-60(2)90)77(104-85)74(98-53-64-38-20-8-21-39-64)70(97-52-63-36-18-7-19-37-63)57-95-50-61-32-14-5-15-33-61/h5-49,70-81H,50-58H2,1-4H3,(H,87,89)(H,88,90)/t70-,71-,72+,73+,74-,75-,76-,77-,78-,79-,80?,81?,84-,85-/m1/s1. The van der Waals surface area contributed by atoms with Crippen LogP contribution >= 0.6 is 23.5 Å². The zero-order valence-corrected chi connectivity index (χ0v) is 61.1. The van der Waals surface area contributed by atoms with Crippen LogP contribution in [-0.2, 0) is 122 Å². The second-order valence-electron chi connectivity index (χ2n) is 25.7. The number of carbonyl (C=O) groups is 4. The van der Waals surface area contributed by atoms with Gasteiger partial charge in [0, 0.05) is 23.6 Å². The van der Waals surface area contributed by atoms with Crippen LogP contribution in [0.3, 0.4) is 0 Å². The van der Waals surface area contributed by atoms with E-state index in [1.165, 1.54) is 21.0 Å². The largest absolute Gasteiger partial charge is 0.465 e. The lowest BCUT2D eigenvalue weighted by molar-refractivity contribution is -0.347. The minimum absolute atomic E-state index is 0.0303. The molecule has 2 aliphatic heterocycles. The number of carbonyl (C=O) groups excluding carboxylic acids is 4. The first-order valence-electron chi connectivity index (χ1n) is 35.2. The number of alkyl halides is 1. The number of benzene rings is 9. The molecule has 2 saturated heterocycles. The molecular formula is C85H89FN2O16S2. The van der Waals surface area contributed by atoms with Gasteiger partial charge >= 0.3 is 17.8 Å².